The highest BCUT2D eigenvalue weighted by Crippen LogP contribution is 2.53. The second kappa shape index (κ2) is 7.25. The number of hydrogen-bond donors (Lipinski definition) is 0. The molecule has 2 aromatic carbocycles. The first-order valence-electron chi connectivity index (χ1n) is 8.28. The first-order valence-corrected chi connectivity index (χ1v) is 10.7. The molecule has 1 aliphatic carbocycles. The SMILES string of the molecule is CSC1=C(c2ccccc2)C(C)(SC)C(C)C=C1c1ccccc1. The van der Waals surface area contributed by atoms with Crippen LogP contribution in [-0.4, -0.2) is 17.3 Å². The number of rotatable bonds is 4. The highest BCUT2D eigenvalue weighted by atomic mass is 32.2. The molecule has 124 valence electrons. The molecule has 2 atom stereocenters. The number of thioether (sulfide) groups is 2. The first kappa shape index (κ1) is 17.4. The van der Waals surface area contributed by atoms with E-state index in [-0.39, 0.29) is 4.75 Å². The van der Waals surface area contributed by atoms with Gasteiger partial charge in [-0.3, -0.25) is 0 Å². The fourth-order valence-corrected chi connectivity index (χ4v) is 5.31. The Morgan fingerprint density at radius 1 is 0.833 bits per heavy atom. The quantitative estimate of drug-likeness (QED) is 0.607. The Labute approximate surface area is 154 Å². The van der Waals surface area contributed by atoms with Gasteiger partial charge in [-0.1, -0.05) is 73.7 Å². The second-order valence-electron chi connectivity index (χ2n) is 6.32. The van der Waals surface area contributed by atoms with E-state index < -0.39 is 0 Å². The van der Waals surface area contributed by atoms with Gasteiger partial charge in [0.1, 0.15) is 0 Å². The maximum Gasteiger partial charge on any atom is 0.0454 e. The van der Waals surface area contributed by atoms with Crippen molar-refractivity contribution in [2.75, 3.05) is 12.5 Å². The van der Waals surface area contributed by atoms with Gasteiger partial charge in [-0.2, -0.15) is 11.8 Å². The minimum Gasteiger partial charge on any atom is -0.153 e. The smallest absolute Gasteiger partial charge is 0.0454 e. The van der Waals surface area contributed by atoms with Gasteiger partial charge in [0.15, 0.2) is 0 Å². The third-order valence-electron chi connectivity index (χ3n) is 5.03. The third kappa shape index (κ3) is 2.98. The monoisotopic (exact) mass is 352 g/mol. The molecule has 0 radical (unpaired) electrons. The van der Waals surface area contributed by atoms with Crippen LogP contribution in [0.25, 0.3) is 11.1 Å². The summed E-state index contributed by atoms with van der Waals surface area (Å²) in [6.07, 6.45) is 6.90. The summed E-state index contributed by atoms with van der Waals surface area (Å²) in [5.74, 6) is 0.466. The van der Waals surface area contributed by atoms with E-state index in [4.69, 9.17) is 0 Å². The van der Waals surface area contributed by atoms with Crippen molar-refractivity contribution in [3.63, 3.8) is 0 Å². The zero-order valence-corrected chi connectivity index (χ0v) is 16.4. The lowest BCUT2D eigenvalue weighted by Crippen LogP contribution is -2.33. The summed E-state index contributed by atoms with van der Waals surface area (Å²) in [5.41, 5.74) is 5.50. The van der Waals surface area contributed by atoms with Crippen LogP contribution in [0.3, 0.4) is 0 Å². The van der Waals surface area contributed by atoms with Crippen molar-refractivity contribution in [3.8, 4) is 0 Å². The Balaban J connectivity index is 2.27. The van der Waals surface area contributed by atoms with Crippen molar-refractivity contribution in [3.05, 3.63) is 82.8 Å². The molecule has 2 aromatic rings. The molecule has 0 heterocycles. The number of allylic oxidation sites excluding steroid dienone is 2. The van der Waals surface area contributed by atoms with E-state index in [2.05, 4.69) is 93.1 Å². The summed E-state index contributed by atoms with van der Waals surface area (Å²) < 4.78 is 0.0813. The predicted molar refractivity (Wildman–Crippen MR) is 112 cm³/mol. The van der Waals surface area contributed by atoms with Crippen LogP contribution in [0.2, 0.25) is 0 Å². The summed E-state index contributed by atoms with van der Waals surface area (Å²) in [6.45, 7) is 4.73. The van der Waals surface area contributed by atoms with Gasteiger partial charge in [-0.05, 0) is 47.6 Å². The molecule has 0 nitrogen and oxygen atoms in total. The van der Waals surface area contributed by atoms with Crippen molar-refractivity contribution in [2.45, 2.75) is 18.6 Å². The highest BCUT2D eigenvalue weighted by molar-refractivity contribution is 8.03. The van der Waals surface area contributed by atoms with Gasteiger partial charge in [0.2, 0.25) is 0 Å². The molecule has 0 aliphatic heterocycles. The van der Waals surface area contributed by atoms with Crippen molar-refractivity contribution in [1.82, 2.24) is 0 Å². The molecule has 0 spiro atoms. The number of benzene rings is 2. The molecular formula is C22H24S2. The van der Waals surface area contributed by atoms with Crippen LogP contribution in [0.1, 0.15) is 25.0 Å². The molecule has 0 amide bonds. The van der Waals surface area contributed by atoms with Gasteiger partial charge in [0.25, 0.3) is 0 Å². The van der Waals surface area contributed by atoms with Crippen molar-refractivity contribution >= 4 is 34.7 Å². The van der Waals surface area contributed by atoms with Crippen LogP contribution in [-0.2, 0) is 0 Å². The van der Waals surface area contributed by atoms with Gasteiger partial charge in [-0.25, -0.2) is 0 Å². The van der Waals surface area contributed by atoms with Crippen molar-refractivity contribution < 1.29 is 0 Å². The topological polar surface area (TPSA) is 0 Å². The van der Waals surface area contributed by atoms with Crippen molar-refractivity contribution in [1.29, 1.82) is 0 Å². The zero-order chi connectivity index (χ0) is 17.2. The molecule has 3 rings (SSSR count). The minimum atomic E-state index is 0.0813. The molecule has 0 saturated carbocycles. The molecule has 0 bridgehead atoms. The van der Waals surface area contributed by atoms with Crippen LogP contribution < -0.4 is 0 Å². The Hall–Kier alpha value is -1.38. The standard InChI is InChI=1S/C22H24S2/c1-16-15-19(17-11-7-5-8-12-17)21(23-3)20(22(16,2)24-4)18-13-9-6-10-14-18/h5-16H,1-4H3. The maximum absolute atomic E-state index is 2.46. The lowest BCUT2D eigenvalue weighted by atomic mass is 9.77. The van der Waals surface area contributed by atoms with Gasteiger partial charge < -0.3 is 0 Å². The average molecular weight is 353 g/mol. The number of hydrogen-bond acceptors (Lipinski definition) is 2. The lowest BCUT2D eigenvalue weighted by Gasteiger charge is -2.41. The average Bonchev–Trinajstić information content (AvgIpc) is 2.64. The van der Waals surface area contributed by atoms with Crippen LogP contribution in [0.4, 0.5) is 0 Å². The van der Waals surface area contributed by atoms with Gasteiger partial charge in [-0.15, -0.1) is 11.8 Å². The molecule has 0 aromatic heterocycles. The molecule has 0 fully saturated rings. The predicted octanol–water partition coefficient (Wildman–Crippen LogP) is 6.62. The lowest BCUT2D eigenvalue weighted by molar-refractivity contribution is 0.617. The van der Waals surface area contributed by atoms with E-state index in [1.54, 1.807) is 0 Å². The Morgan fingerprint density at radius 3 is 1.88 bits per heavy atom. The maximum atomic E-state index is 2.46. The van der Waals surface area contributed by atoms with E-state index in [1.807, 2.05) is 23.5 Å². The summed E-state index contributed by atoms with van der Waals surface area (Å²) in [6, 6.07) is 21.7. The van der Waals surface area contributed by atoms with Crippen LogP contribution >= 0.6 is 23.5 Å². The van der Waals surface area contributed by atoms with Crippen LogP contribution in [0.15, 0.2) is 71.6 Å². The van der Waals surface area contributed by atoms with Crippen molar-refractivity contribution in [2.24, 2.45) is 5.92 Å². The van der Waals surface area contributed by atoms with Gasteiger partial charge >= 0.3 is 0 Å². The summed E-state index contributed by atoms with van der Waals surface area (Å²) in [4.78, 5) is 1.40. The molecule has 2 unspecified atom stereocenters. The van der Waals surface area contributed by atoms with E-state index >= 15 is 0 Å². The third-order valence-corrected chi connectivity index (χ3v) is 7.29. The summed E-state index contributed by atoms with van der Waals surface area (Å²) in [7, 11) is 0. The molecule has 1 aliphatic rings. The normalized spacial score (nSPS) is 24.0. The molecule has 0 N–H and O–H groups in total. The fourth-order valence-electron chi connectivity index (χ4n) is 3.44. The van der Waals surface area contributed by atoms with Crippen LogP contribution in [0.5, 0.6) is 0 Å². The minimum absolute atomic E-state index is 0.0813. The Bertz CT molecular complexity index is 759. The fraction of sp³-hybridized carbons (Fsp3) is 0.273. The van der Waals surface area contributed by atoms with Gasteiger partial charge in [0, 0.05) is 9.65 Å². The van der Waals surface area contributed by atoms with E-state index in [9.17, 15) is 0 Å². The van der Waals surface area contributed by atoms with E-state index in [0.29, 0.717) is 5.92 Å². The first-order chi connectivity index (χ1) is 11.6. The zero-order valence-electron chi connectivity index (χ0n) is 14.7. The molecule has 24 heavy (non-hydrogen) atoms. The van der Waals surface area contributed by atoms with Crippen LogP contribution in [0, 0.1) is 5.92 Å². The Morgan fingerprint density at radius 2 is 1.38 bits per heavy atom. The largest absolute Gasteiger partial charge is 0.153 e. The summed E-state index contributed by atoms with van der Waals surface area (Å²) >= 11 is 3.83. The molecule has 2 heteroatoms. The highest BCUT2D eigenvalue weighted by Gasteiger charge is 2.40. The summed E-state index contributed by atoms with van der Waals surface area (Å²) in [5, 5.41) is 0. The van der Waals surface area contributed by atoms with E-state index in [1.165, 1.54) is 27.2 Å². The van der Waals surface area contributed by atoms with Gasteiger partial charge in [0.05, 0.1) is 0 Å². The van der Waals surface area contributed by atoms with E-state index in [0.717, 1.165) is 0 Å². The molecular weight excluding hydrogens is 328 g/mol. The second-order valence-corrected chi connectivity index (χ2v) is 8.39. The molecule has 0 saturated heterocycles. The Kier molecular flexibility index (Phi) is 5.27.